The molecule has 1 aliphatic carbocycles. The Hall–Kier alpha value is -2.34. The van der Waals surface area contributed by atoms with Gasteiger partial charge in [-0.05, 0) is 72.2 Å². The lowest BCUT2D eigenvalue weighted by atomic mass is 10.00. The Morgan fingerprint density at radius 3 is 2.50 bits per heavy atom. The third-order valence-corrected chi connectivity index (χ3v) is 7.91. The number of fused-ring (bicyclic) bond motifs is 1. The molecule has 6 heteroatoms. The number of carbonyl (C=O) groups is 2. The lowest BCUT2D eigenvalue weighted by Crippen LogP contribution is -2.48. The minimum absolute atomic E-state index is 0.0263. The second-order valence-electron chi connectivity index (χ2n) is 10.4. The van der Waals surface area contributed by atoms with Crippen LogP contribution in [-0.2, 0) is 16.0 Å². The van der Waals surface area contributed by atoms with Crippen LogP contribution in [0.25, 0.3) is 0 Å². The Balaban J connectivity index is 1.47. The minimum atomic E-state index is -0.129. The van der Waals surface area contributed by atoms with Crippen LogP contribution >= 0.6 is 11.3 Å². The second kappa shape index (κ2) is 10.9. The fourth-order valence-electron chi connectivity index (χ4n) is 4.52. The summed E-state index contributed by atoms with van der Waals surface area (Å²) in [7, 11) is 0. The molecule has 1 aromatic carbocycles. The summed E-state index contributed by atoms with van der Waals surface area (Å²) in [4.78, 5) is 31.5. The van der Waals surface area contributed by atoms with Crippen molar-refractivity contribution in [2.45, 2.75) is 65.3 Å². The van der Waals surface area contributed by atoms with E-state index in [-0.39, 0.29) is 30.3 Å². The lowest BCUT2D eigenvalue weighted by Gasteiger charge is -2.37. The van der Waals surface area contributed by atoms with Crippen LogP contribution in [0.3, 0.4) is 0 Å². The molecule has 1 fully saturated rings. The molecule has 184 valence electrons. The monoisotopic (exact) mass is 482 g/mol. The standard InChI is InChI=1S/C28H38N2O3S/c1-19(2)11-14-29(28(32)22-5-6-22)17-27(31)30-15-12-26-24(13-16-34-26)25(30)18-33-23-9-7-21(8-10-23)20(3)4/h7-10,13,16,19-20,22,25H,5-6,11-12,14-15,17-18H2,1-4H3/t25-/m1/s1. The van der Waals surface area contributed by atoms with E-state index in [0.29, 0.717) is 31.5 Å². The van der Waals surface area contributed by atoms with Gasteiger partial charge in [0.05, 0.1) is 12.6 Å². The van der Waals surface area contributed by atoms with Gasteiger partial charge < -0.3 is 14.5 Å². The average molecular weight is 483 g/mol. The summed E-state index contributed by atoms with van der Waals surface area (Å²) in [5, 5.41) is 2.11. The largest absolute Gasteiger partial charge is 0.491 e. The van der Waals surface area contributed by atoms with Gasteiger partial charge in [0.15, 0.2) is 0 Å². The minimum Gasteiger partial charge on any atom is -0.491 e. The molecule has 0 radical (unpaired) electrons. The van der Waals surface area contributed by atoms with E-state index in [0.717, 1.165) is 31.4 Å². The maximum Gasteiger partial charge on any atom is 0.242 e. The van der Waals surface area contributed by atoms with Crippen LogP contribution in [0.15, 0.2) is 35.7 Å². The van der Waals surface area contributed by atoms with E-state index in [1.54, 1.807) is 11.3 Å². The number of amides is 2. The number of benzene rings is 1. The average Bonchev–Trinajstić information content (AvgIpc) is 3.56. The summed E-state index contributed by atoms with van der Waals surface area (Å²) in [6.45, 7) is 10.6. The van der Waals surface area contributed by atoms with Crippen LogP contribution < -0.4 is 4.74 Å². The van der Waals surface area contributed by atoms with Crippen molar-refractivity contribution in [2.75, 3.05) is 26.2 Å². The van der Waals surface area contributed by atoms with Crippen molar-refractivity contribution in [3.63, 3.8) is 0 Å². The van der Waals surface area contributed by atoms with Crippen LogP contribution in [0.5, 0.6) is 5.75 Å². The lowest BCUT2D eigenvalue weighted by molar-refractivity contribution is -0.143. The van der Waals surface area contributed by atoms with Gasteiger partial charge in [0.1, 0.15) is 12.4 Å². The van der Waals surface area contributed by atoms with Crippen molar-refractivity contribution in [2.24, 2.45) is 11.8 Å². The molecular formula is C28H38N2O3S. The third kappa shape index (κ3) is 6.01. The topological polar surface area (TPSA) is 49.9 Å². The Morgan fingerprint density at radius 2 is 1.85 bits per heavy atom. The van der Waals surface area contributed by atoms with Gasteiger partial charge in [0.2, 0.25) is 11.8 Å². The van der Waals surface area contributed by atoms with Crippen molar-refractivity contribution < 1.29 is 14.3 Å². The highest BCUT2D eigenvalue weighted by molar-refractivity contribution is 7.10. The first kappa shape index (κ1) is 24.8. The Bertz CT molecular complexity index is 978. The SMILES string of the molecule is CC(C)CCN(CC(=O)N1CCc2sccc2[C@H]1COc1ccc(C(C)C)cc1)C(=O)C1CC1. The van der Waals surface area contributed by atoms with Crippen molar-refractivity contribution in [1.82, 2.24) is 9.80 Å². The molecule has 5 nitrogen and oxygen atoms in total. The molecule has 1 aromatic heterocycles. The number of thiophene rings is 1. The molecule has 0 spiro atoms. The molecule has 2 aliphatic rings. The van der Waals surface area contributed by atoms with E-state index in [4.69, 9.17) is 4.74 Å². The van der Waals surface area contributed by atoms with Gasteiger partial charge in [-0.25, -0.2) is 0 Å². The highest BCUT2D eigenvalue weighted by Crippen LogP contribution is 2.35. The van der Waals surface area contributed by atoms with Gasteiger partial charge in [-0.15, -0.1) is 11.3 Å². The van der Waals surface area contributed by atoms with E-state index in [1.807, 2.05) is 21.9 Å². The van der Waals surface area contributed by atoms with Crippen molar-refractivity contribution in [3.05, 3.63) is 51.7 Å². The van der Waals surface area contributed by atoms with Crippen LogP contribution in [-0.4, -0.2) is 47.9 Å². The van der Waals surface area contributed by atoms with E-state index >= 15 is 0 Å². The summed E-state index contributed by atoms with van der Waals surface area (Å²) in [5.41, 5.74) is 2.47. The molecule has 2 heterocycles. The maximum atomic E-state index is 13.6. The van der Waals surface area contributed by atoms with Gasteiger partial charge in [0, 0.05) is 23.9 Å². The molecule has 1 saturated carbocycles. The molecule has 0 unspecified atom stereocenters. The van der Waals surface area contributed by atoms with Gasteiger partial charge in [-0.2, -0.15) is 0 Å². The zero-order valence-electron chi connectivity index (χ0n) is 21.0. The van der Waals surface area contributed by atoms with Crippen molar-refractivity contribution in [1.29, 1.82) is 0 Å². The molecular weight excluding hydrogens is 444 g/mol. The number of hydrogen-bond acceptors (Lipinski definition) is 4. The van der Waals surface area contributed by atoms with Crippen LogP contribution in [0, 0.1) is 11.8 Å². The fraction of sp³-hybridized carbons (Fsp3) is 0.571. The van der Waals surface area contributed by atoms with Crippen molar-refractivity contribution in [3.8, 4) is 5.75 Å². The van der Waals surface area contributed by atoms with E-state index < -0.39 is 0 Å². The van der Waals surface area contributed by atoms with Crippen LogP contribution in [0.2, 0.25) is 0 Å². The van der Waals surface area contributed by atoms with Crippen LogP contribution in [0.4, 0.5) is 0 Å². The van der Waals surface area contributed by atoms with E-state index in [9.17, 15) is 9.59 Å². The summed E-state index contributed by atoms with van der Waals surface area (Å²) < 4.78 is 6.20. The Kier molecular flexibility index (Phi) is 7.97. The second-order valence-corrected chi connectivity index (χ2v) is 11.4. The number of hydrogen-bond donors (Lipinski definition) is 0. The molecule has 0 saturated heterocycles. The normalized spacial score (nSPS) is 17.7. The zero-order valence-corrected chi connectivity index (χ0v) is 21.8. The first-order valence-corrected chi connectivity index (χ1v) is 13.6. The molecule has 0 N–H and O–H groups in total. The zero-order chi connectivity index (χ0) is 24.2. The predicted molar refractivity (Wildman–Crippen MR) is 137 cm³/mol. The van der Waals surface area contributed by atoms with E-state index in [1.165, 1.54) is 16.0 Å². The fourth-order valence-corrected chi connectivity index (χ4v) is 5.45. The predicted octanol–water partition coefficient (Wildman–Crippen LogP) is 5.66. The first-order chi connectivity index (χ1) is 16.3. The number of carbonyl (C=O) groups excluding carboxylic acids is 2. The summed E-state index contributed by atoms with van der Waals surface area (Å²) in [5.74, 6) is 2.10. The van der Waals surface area contributed by atoms with Gasteiger partial charge in [-0.1, -0.05) is 39.8 Å². The molecule has 2 amide bonds. The molecule has 1 atom stereocenters. The molecule has 1 aliphatic heterocycles. The van der Waals surface area contributed by atoms with Gasteiger partial charge >= 0.3 is 0 Å². The molecule has 4 rings (SSSR count). The van der Waals surface area contributed by atoms with Gasteiger partial charge in [-0.3, -0.25) is 9.59 Å². The maximum absolute atomic E-state index is 13.6. The van der Waals surface area contributed by atoms with Gasteiger partial charge in [0.25, 0.3) is 0 Å². The molecule has 0 bridgehead atoms. The molecule has 34 heavy (non-hydrogen) atoms. The Morgan fingerprint density at radius 1 is 1.12 bits per heavy atom. The molecule has 2 aromatic rings. The van der Waals surface area contributed by atoms with E-state index in [2.05, 4.69) is 51.3 Å². The summed E-state index contributed by atoms with van der Waals surface area (Å²) in [6.07, 6.45) is 3.69. The summed E-state index contributed by atoms with van der Waals surface area (Å²) >= 11 is 1.75. The number of ether oxygens (including phenoxy) is 1. The Labute approximate surface area is 208 Å². The number of rotatable bonds is 10. The first-order valence-electron chi connectivity index (χ1n) is 12.7. The quantitative estimate of drug-likeness (QED) is 0.439. The van der Waals surface area contributed by atoms with Crippen LogP contribution in [0.1, 0.15) is 74.9 Å². The highest BCUT2D eigenvalue weighted by Gasteiger charge is 2.37. The highest BCUT2D eigenvalue weighted by atomic mass is 32.1. The number of nitrogens with zero attached hydrogens (tertiary/aromatic N) is 2. The summed E-state index contributed by atoms with van der Waals surface area (Å²) in [6, 6.07) is 10.2. The van der Waals surface area contributed by atoms with Crippen molar-refractivity contribution >= 4 is 23.2 Å². The smallest absolute Gasteiger partial charge is 0.242 e. The third-order valence-electron chi connectivity index (χ3n) is 6.91.